The molecule has 21 heteroatoms. The van der Waals surface area contributed by atoms with Gasteiger partial charge in [-0.05, 0) is 63.2 Å². The number of ether oxygens (including phenoxy) is 1. The number of nitrogens with zero attached hydrogens (tertiary/aromatic N) is 4. The van der Waals surface area contributed by atoms with Crippen molar-refractivity contribution in [3.05, 3.63) is 51.3 Å². The summed E-state index contributed by atoms with van der Waals surface area (Å²) in [6.07, 6.45) is -3.36. The smallest absolute Gasteiger partial charge is 0.307 e. The first-order valence-electron chi connectivity index (χ1n) is 21.3. The fourth-order valence-corrected chi connectivity index (χ4v) is 11.4. The van der Waals surface area contributed by atoms with E-state index in [4.69, 9.17) is 25.0 Å². The van der Waals surface area contributed by atoms with Crippen LogP contribution in [0.3, 0.4) is 0 Å². The van der Waals surface area contributed by atoms with E-state index in [9.17, 15) is 74.1 Å². The standard InChI is InChI=1S/C45H54N4O16.Co/c1-21-45-40-26(15-37(60)61)41(2,13-12-35(56)57)30(47-40)16-27-22(6-9-32(50)51)25(14-36(58)59)44(5,48-27)18-29-23(7-10-33(52)53)42(3,19-38(62)63)31(46-29)17-28(49-45)24(8-11-34(54)55)43(45,4)20-39(64)65-21;/h16-17,21,24,26H,6-15,18-20H2,1-5H3,(H8,46,49,50,51,52,53,54,55,56,57,58,59,60,61,62,63);/p-1/b30-16-;/t21?,24-,26?,41-,42+,43+,44+,45?;/m1./s1. The molecule has 0 saturated carbocycles. The van der Waals surface area contributed by atoms with Gasteiger partial charge in [0, 0.05) is 82.0 Å². The Labute approximate surface area is 389 Å². The largest absolute Gasteiger partial charge is 0.664 e. The van der Waals surface area contributed by atoms with Crippen LogP contribution in [0.25, 0.3) is 5.32 Å². The van der Waals surface area contributed by atoms with E-state index < -0.39 is 138 Å². The van der Waals surface area contributed by atoms with E-state index >= 15 is 0 Å². The summed E-state index contributed by atoms with van der Waals surface area (Å²) in [5.41, 5.74) is -6.35. The summed E-state index contributed by atoms with van der Waals surface area (Å²) in [6.45, 7) is 8.04. The molecule has 8 bridgehead atoms. The summed E-state index contributed by atoms with van der Waals surface area (Å²) in [5, 5.41) is 76.2. The van der Waals surface area contributed by atoms with Crippen molar-refractivity contribution in [2.24, 2.45) is 43.1 Å². The van der Waals surface area contributed by atoms with Crippen molar-refractivity contribution in [1.29, 1.82) is 0 Å². The van der Waals surface area contributed by atoms with Gasteiger partial charge in [0.15, 0.2) is 0 Å². The third kappa shape index (κ3) is 8.98. The van der Waals surface area contributed by atoms with Gasteiger partial charge in [0.1, 0.15) is 11.6 Å². The molecule has 1 spiro atoms. The number of hydrogen-bond acceptors (Lipinski definition) is 12. The van der Waals surface area contributed by atoms with Crippen molar-refractivity contribution in [2.75, 3.05) is 0 Å². The van der Waals surface area contributed by atoms with E-state index in [2.05, 4.69) is 0 Å². The third-order valence-electron chi connectivity index (χ3n) is 14.5. The molecule has 20 nitrogen and oxygen atoms in total. The minimum atomic E-state index is -1.77. The predicted octanol–water partition coefficient (Wildman–Crippen LogP) is 5.42. The molecular weight excluding hydrogens is 911 g/mol. The van der Waals surface area contributed by atoms with Crippen LogP contribution in [0.2, 0.25) is 0 Å². The number of fused-ring (bicyclic) bond motifs is 4. The number of carboxylic acids is 7. The molecule has 7 N–H and O–H groups in total. The number of carbonyl (C=O) groups excluding carboxylic acids is 1. The van der Waals surface area contributed by atoms with Gasteiger partial charge in [-0.25, -0.2) is 0 Å². The van der Waals surface area contributed by atoms with Gasteiger partial charge in [-0.15, -0.1) is 5.70 Å². The van der Waals surface area contributed by atoms with E-state index in [0.29, 0.717) is 5.57 Å². The molecule has 1 fully saturated rings. The zero-order valence-electron chi connectivity index (χ0n) is 37.0. The number of carbonyl (C=O) groups is 8. The maximum Gasteiger partial charge on any atom is 0.307 e. The Kier molecular flexibility index (Phi) is 14.2. The van der Waals surface area contributed by atoms with Crippen molar-refractivity contribution < 1.29 is 95.6 Å². The second-order valence-corrected chi connectivity index (χ2v) is 18.7. The molecule has 1 saturated heterocycles. The number of hydrogen-bond donors (Lipinski definition) is 7. The Morgan fingerprint density at radius 1 is 0.742 bits per heavy atom. The van der Waals surface area contributed by atoms with E-state index in [1.807, 2.05) is 0 Å². The van der Waals surface area contributed by atoms with Crippen LogP contribution in [-0.2, 0) is 59.9 Å². The first kappa shape index (κ1) is 51.0. The summed E-state index contributed by atoms with van der Waals surface area (Å²) < 4.78 is 5.95. The first-order chi connectivity index (χ1) is 30.2. The summed E-state index contributed by atoms with van der Waals surface area (Å²) in [7, 11) is 0. The van der Waals surface area contributed by atoms with E-state index in [-0.39, 0.29) is 101 Å². The zero-order chi connectivity index (χ0) is 48.2. The minimum Gasteiger partial charge on any atom is -0.664 e. The predicted molar refractivity (Wildman–Crippen MR) is 227 cm³/mol. The molecule has 1 radical (unpaired) electrons. The summed E-state index contributed by atoms with van der Waals surface area (Å²) in [5.74, 6) is -11.5. The molecule has 6 aliphatic heterocycles. The first-order valence-corrected chi connectivity index (χ1v) is 21.3. The number of aliphatic imine (C=N–C) groups is 3. The van der Waals surface area contributed by atoms with Gasteiger partial charge >= 0.3 is 47.8 Å². The summed E-state index contributed by atoms with van der Waals surface area (Å²) in [6, 6.07) is 0. The Morgan fingerprint density at radius 2 is 1.36 bits per heavy atom. The van der Waals surface area contributed by atoms with E-state index in [0.717, 1.165) is 0 Å². The third-order valence-corrected chi connectivity index (χ3v) is 14.5. The van der Waals surface area contributed by atoms with Crippen LogP contribution in [0.4, 0.5) is 0 Å². The Hall–Kier alpha value is -5.96. The fourth-order valence-electron chi connectivity index (χ4n) is 11.4. The molecule has 6 rings (SSSR count). The molecule has 0 amide bonds. The second-order valence-electron chi connectivity index (χ2n) is 18.7. The SMILES string of the molecule is CC1OC(=O)C[C@@]2(C)[C@H](CCC(=O)O)C3=NC12C1=N/C(=C\C2=N[C@@](C)(CC4=C(CCC(=O)O)[C@](C)(CC(=O)O)C(=C3)[N-]4)C(CC(=O)O)=C2CCC(=O)O)[C@](C)(CCC(=O)O)C1CC(=O)O.[Co]. The maximum atomic E-state index is 13.6. The molecule has 6 heterocycles. The number of aliphatic carboxylic acids is 7. The molecule has 3 unspecified atom stereocenters. The molecule has 66 heavy (non-hydrogen) atoms. The van der Waals surface area contributed by atoms with Gasteiger partial charge in [0.05, 0.1) is 42.6 Å². The number of rotatable bonds is 18. The zero-order valence-corrected chi connectivity index (χ0v) is 38.0. The molecular formula is C45H53CoN4O16-. The number of allylic oxidation sites excluding steroid dienone is 5. The average molecular weight is 965 g/mol. The van der Waals surface area contributed by atoms with E-state index in [1.165, 1.54) is 12.2 Å². The topological polar surface area (TPSA) is 339 Å². The molecule has 0 aromatic carbocycles. The summed E-state index contributed by atoms with van der Waals surface area (Å²) in [4.78, 5) is 117. The number of cyclic esters (lactones) is 1. The van der Waals surface area contributed by atoms with Crippen LogP contribution >= 0.6 is 0 Å². The molecule has 6 aliphatic rings. The Bertz CT molecular complexity index is 2420. The summed E-state index contributed by atoms with van der Waals surface area (Å²) >= 11 is 0. The van der Waals surface area contributed by atoms with Crippen molar-refractivity contribution in [1.82, 2.24) is 0 Å². The number of esters is 1. The van der Waals surface area contributed by atoms with Crippen LogP contribution in [0.1, 0.15) is 118 Å². The van der Waals surface area contributed by atoms with Crippen LogP contribution < -0.4 is 0 Å². The normalized spacial score (nSPS) is 32.7. The van der Waals surface area contributed by atoms with Crippen molar-refractivity contribution in [3.63, 3.8) is 0 Å². The van der Waals surface area contributed by atoms with Crippen LogP contribution in [-0.4, -0.2) is 118 Å². The van der Waals surface area contributed by atoms with Crippen molar-refractivity contribution in [3.8, 4) is 0 Å². The van der Waals surface area contributed by atoms with Crippen LogP contribution in [0, 0.1) is 28.1 Å². The van der Waals surface area contributed by atoms with Gasteiger partial charge < -0.3 is 45.8 Å². The molecule has 0 aromatic rings. The van der Waals surface area contributed by atoms with Gasteiger partial charge in [0.25, 0.3) is 0 Å². The van der Waals surface area contributed by atoms with Crippen LogP contribution in [0.15, 0.2) is 60.9 Å². The fraction of sp³-hybridized carbons (Fsp3) is 0.578. The second kappa shape index (κ2) is 18.4. The molecule has 0 aromatic heterocycles. The Balaban J connectivity index is 0.00000817. The van der Waals surface area contributed by atoms with Gasteiger partial charge in [0.2, 0.25) is 0 Å². The van der Waals surface area contributed by atoms with E-state index in [1.54, 1.807) is 34.6 Å². The number of carboxylic acid groups (broad SMARTS) is 7. The molecule has 0 aliphatic carbocycles. The van der Waals surface area contributed by atoms with Crippen LogP contribution in [0.5, 0.6) is 0 Å². The quantitative estimate of drug-likeness (QED) is 0.0843. The molecule has 359 valence electrons. The van der Waals surface area contributed by atoms with Gasteiger partial charge in [-0.3, -0.25) is 53.3 Å². The van der Waals surface area contributed by atoms with Gasteiger partial charge in [-0.1, -0.05) is 32.4 Å². The van der Waals surface area contributed by atoms with Crippen molar-refractivity contribution >= 4 is 64.9 Å². The Morgan fingerprint density at radius 3 is 1.94 bits per heavy atom. The monoisotopic (exact) mass is 964 g/mol. The van der Waals surface area contributed by atoms with Gasteiger partial charge in [-0.2, -0.15) is 5.70 Å². The van der Waals surface area contributed by atoms with Crippen molar-refractivity contribution in [2.45, 2.75) is 135 Å². The molecule has 8 atom stereocenters. The minimum absolute atomic E-state index is 0. The maximum absolute atomic E-state index is 13.6. The average Bonchev–Trinajstić information content (AvgIpc) is 3.76.